The van der Waals surface area contributed by atoms with Crippen LogP contribution in [0.2, 0.25) is 0 Å². The first-order chi connectivity index (χ1) is 15.4. The zero-order chi connectivity index (χ0) is 23.1. The van der Waals surface area contributed by atoms with E-state index in [1.807, 2.05) is 31.2 Å². The van der Waals surface area contributed by atoms with E-state index in [1.54, 1.807) is 6.92 Å². The summed E-state index contributed by atoms with van der Waals surface area (Å²) in [5.74, 6) is -1.30. The van der Waals surface area contributed by atoms with Crippen LogP contribution in [0, 0.1) is 0 Å². The number of hydrogen-bond acceptors (Lipinski definition) is 4. The summed E-state index contributed by atoms with van der Waals surface area (Å²) >= 11 is 0. The normalized spacial score (nSPS) is 14.1. The molecule has 0 bridgehead atoms. The van der Waals surface area contributed by atoms with Gasteiger partial charge in [-0.25, -0.2) is 4.79 Å². The van der Waals surface area contributed by atoms with Gasteiger partial charge >= 0.3 is 12.1 Å². The summed E-state index contributed by atoms with van der Waals surface area (Å²) in [6, 6.07) is 15.4. The fourth-order valence-corrected chi connectivity index (χ4v) is 4.25. The molecule has 0 spiro atoms. The molecule has 0 aliphatic heterocycles. The van der Waals surface area contributed by atoms with Gasteiger partial charge in [-0.1, -0.05) is 61.9 Å². The molecular formula is C25H30N2O5. The van der Waals surface area contributed by atoms with Gasteiger partial charge in [-0.3, -0.25) is 9.59 Å². The highest BCUT2D eigenvalue weighted by Crippen LogP contribution is 2.44. The molecule has 3 rings (SSSR count). The Hall–Kier alpha value is -3.35. The molecule has 0 heterocycles. The molecule has 32 heavy (non-hydrogen) atoms. The van der Waals surface area contributed by atoms with Gasteiger partial charge in [0, 0.05) is 24.4 Å². The first kappa shape index (κ1) is 23.3. The lowest BCUT2D eigenvalue weighted by molar-refractivity contribution is -0.137. The second-order valence-electron chi connectivity index (χ2n) is 8.23. The van der Waals surface area contributed by atoms with Crippen molar-refractivity contribution in [1.82, 2.24) is 10.6 Å². The molecule has 1 aliphatic rings. The average Bonchev–Trinajstić information content (AvgIpc) is 3.05. The third kappa shape index (κ3) is 5.87. The van der Waals surface area contributed by atoms with Gasteiger partial charge in [0.25, 0.3) is 0 Å². The molecule has 2 aromatic carbocycles. The van der Waals surface area contributed by atoms with Gasteiger partial charge < -0.3 is 20.5 Å². The van der Waals surface area contributed by atoms with Crippen LogP contribution in [0.25, 0.3) is 11.1 Å². The molecule has 0 radical (unpaired) electrons. The van der Waals surface area contributed by atoms with Gasteiger partial charge in [-0.05, 0) is 35.6 Å². The zero-order valence-electron chi connectivity index (χ0n) is 18.5. The second kappa shape index (κ2) is 10.8. The Bertz CT molecular complexity index is 929. The van der Waals surface area contributed by atoms with Crippen molar-refractivity contribution >= 4 is 18.0 Å². The first-order valence-corrected chi connectivity index (χ1v) is 11.0. The number of fused-ring (bicyclic) bond motifs is 3. The predicted molar refractivity (Wildman–Crippen MR) is 121 cm³/mol. The molecule has 2 amide bonds. The fraction of sp³-hybridized carbons (Fsp3) is 0.400. The van der Waals surface area contributed by atoms with Crippen molar-refractivity contribution in [1.29, 1.82) is 0 Å². The van der Waals surface area contributed by atoms with Gasteiger partial charge in [0.05, 0.1) is 6.42 Å². The summed E-state index contributed by atoms with van der Waals surface area (Å²) in [5, 5.41) is 14.3. The van der Waals surface area contributed by atoms with Crippen LogP contribution >= 0.6 is 0 Å². The Morgan fingerprint density at radius 3 is 2.12 bits per heavy atom. The van der Waals surface area contributed by atoms with Crippen molar-refractivity contribution in [3.63, 3.8) is 0 Å². The maximum atomic E-state index is 12.5. The first-order valence-electron chi connectivity index (χ1n) is 11.0. The molecule has 2 atom stereocenters. The number of carbonyl (C=O) groups excluding carboxylic acids is 2. The predicted octanol–water partition coefficient (Wildman–Crippen LogP) is 4.06. The lowest BCUT2D eigenvalue weighted by Crippen LogP contribution is -2.42. The van der Waals surface area contributed by atoms with Crippen LogP contribution in [0.5, 0.6) is 0 Å². The van der Waals surface area contributed by atoms with Crippen molar-refractivity contribution in [2.45, 2.75) is 57.5 Å². The van der Waals surface area contributed by atoms with Gasteiger partial charge in [-0.15, -0.1) is 0 Å². The van der Waals surface area contributed by atoms with Crippen LogP contribution < -0.4 is 10.6 Å². The minimum absolute atomic E-state index is 0.0297. The largest absolute Gasteiger partial charge is 0.481 e. The topological polar surface area (TPSA) is 105 Å². The minimum atomic E-state index is -0.973. The Labute approximate surface area is 188 Å². The highest BCUT2D eigenvalue weighted by Gasteiger charge is 2.29. The van der Waals surface area contributed by atoms with Crippen LogP contribution in [0.4, 0.5) is 4.79 Å². The van der Waals surface area contributed by atoms with E-state index in [-0.39, 0.29) is 37.3 Å². The van der Waals surface area contributed by atoms with Gasteiger partial charge in [0.2, 0.25) is 5.91 Å². The standard InChI is InChI=1S/C25H30N2O5/c1-3-8-17(14-23(28)26-16(2)13-24(29)30)27-25(31)32-15-22-20-11-6-4-9-18(20)19-10-5-7-12-21(19)22/h4-7,9-12,16-17,22H,3,8,13-15H2,1-2H3,(H,26,28)(H,27,31)(H,29,30). The number of benzene rings is 2. The average molecular weight is 439 g/mol. The zero-order valence-corrected chi connectivity index (χ0v) is 18.5. The number of hydrogen-bond donors (Lipinski definition) is 3. The monoisotopic (exact) mass is 438 g/mol. The van der Waals surface area contributed by atoms with E-state index in [0.717, 1.165) is 28.7 Å². The van der Waals surface area contributed by atoms with Crippen molar-refractivity contribution in [3.05, 3.63) is 59.7 Å². The molecule has 0 saturated heterocycles. The Morgan fingerprint density at radius 1 is 0.969 bits per heavy atom. The van der Waals surface area contributed by atoms with Crippen LogP contribution in [0.3, 0.4) is 0 Å². The van der Waals surface area contributed by atoms with Crippen LogP contribution in [-0.2, 0) is 14.3 Å². The number of aliphatic carboxylic acids is 1. The summed E-state index contributed by atoms with van der Waals surface area (Å²) in [7, 11) is 0. The van der Waals surface area contributed by atoms with Gasteiger partial charge in [-0.2, -0.15) is 0 Å². The molecule has 7 heteroatoms. The number of rotatable bonds is 10. The SMILES string of the molecule is CCCC(CC(=O)NC(C)CC(=O)O)NC(=O)OCC1c2ccccc2-c2ccccc21. The summed E-state index contributed by atoms with van der Waals surface area (Å²) < 4.78 is 5.57. The number of amides is 2. The van der Waals surface area contributed by atoms with E-state index >= 15 is 0 Å². The Morgan fingerprint density at radius 2 is 1.56 bits per heavy atom. The van der Waals surface area contributed by atoms with Gasteiger partial charge in [0.1, 0.15) is 6.61 Å². The summed E-state index contributed by atoms with van der Waals surface area (Å²) in [6.07, 6.45) is 0.764. The van der Waals surface area contributed by atoms with Crippen LogP contribution in [0.1, 0.15) is 56.6 Å². The maximum absolute atomic E-state index is 12.5. The highest BCUT2D eigenvalue weighted by atomic mass is 16.5. The molecule has 3 N–H and O–H groups in total. The highest BCUT2D eigenvalue weighted by molar-refractivity contribution is 5.80. The van der Waals surface area contributed by atoms with Gasteiger partial charge in [0.15, 0.2) is 0 Å². The van der Waals surface area contributed by atoms with E-state index in [0.29, 0.717) is 6.42 Å². The van der Waals surface area contributed by atoms with Crippen molar-refractivity contribution < 1.29 is 24.2 Å². The Kier molecular flexibility index (Phi) is 7.87. The lowest BCUT2D eigenvalue weighted by Gasteiger charge is -2.20. The number of nitrogens with one attached hydrogen (secondary N) is 2. The molecule has 1 aliphatic carbocycles. The molecule has 2 aromatic rings. The van der Waals surface area contributed by atoms with Crippen molar-refractivity contribution in [3.8, 4) is 11.1 Å². The quantitative estimate of drug-likeness (QED) is 0.519. The number of ether oxygens (including phenoxy) is 1. The fourth-order valence-electron chi connectivity index (χ4n) is 4.25. The lowest BCUT2D eigenvalue weighted by atomic mass is 9.98. The number of carboxylic acid groups (broad SMARTS) is 1. The minimum Gasteiger partial charge on any atom is -0.481 e. The summed E-state index contributed by atoms with van der Waals surface area (Å²) in [4.78, 5) is 35.5. The molecule has 170 valence electrons. The maximum Gasteiger partial charge on any atom is 0.407 e. The van der Waals surface area contributed by atoms with Crippen molar-refractivity contribution in [2.24, 2.45) is 0 Å². The summed E-state index contributed by atoms with van der Waals surface area (Å²) in [5.41, 5.74) is 4.60. The number of alkyl carbamates (subject to hydrolysis) is 1. The number of carbonyl (C=O) groups is 3. The van der Waals surface area contributed by atoms with E-state index in [4.69, 9.17) is 9.84 Å². The van der Waals surface area contributed by atoms with E-state index in [9.17, 15) is 14.4 Å². The molecule has 0 aromatic heterocycles. The molecular weight excluding hydrogens is 408 g/mol. The number of carboxylic acids is 1. The van der Waals surface area contributed by atoms with E-state index < -0.39 is 18.1 Å². The third-order valence-corrected chi connectivity index (χ3v) is 5.62. The van der Waals surface area contributed by atoms with Crippen LogP contribution in [0.15, 0.2) is 48.5 Å². The van der Waals surface area contributed by atoms with Crippen LogP contribution in [-0.4, -0.2) is 41.8 Å². The van der Waals surface area contributed by atoms with Crippen molar-refractivity contribution in [2.75, 3.05) is 6.61 Å². The second-order valence-corrected chi connectivity index (χ2v) is 8.23. The Balaban J connectivity index is 1.57. The van der Waals surface area contributed by atoms with E-state index in [2.05, 4.69) is 34.9 Å². The summed E-state index contributed by atoms with van der Waals surface area (Å²) in [6.45, 7) is 3.82. The molecule has 2 unspecified atom stereocenters. The van der Waals surface area contributed by atoms with E-state index in [1.165, 1.54) is 0 Å². The molecule has 0 saturated carbocycles. The third-order valence-electron chi connectivity index (χ3n) is 5.62. The molecule has 0 fully saturated rings. The molecule has 7 nitrogen and oxygen atoms in total. The smallest absolute Gasteiger partial charge is 0.407 e.